The molecule has 1 aliphatic carbocycles. The molecule has 1 atom stereocenters. The van der Waals surface area contributed by atoms with Crippen molar-refractivity contribution in [2.45, 2.75) is 57.5 Å². The number of nitrogens with zero attached hydrogens (tertiary/aromatic N) is 3. The number of thioether (sulfide) groups is 1. The molecule has 1 fully saturated rings. The van der Waals surface area contributed by atoms with E-state index in [9.17, 15) is 0 Å². The van der Waals surface area contributed by atoms with Crippen molar-refractivity contribution in [3.05, 3.63) is 11.6 Å². The summed E-state index contributed by atoms with van der Waals surface area (Å²) in [6, 6.07) is 0.602. The van der Waals surface area contributed by atoms with Crippen molar-refractivity contribution in [2.75, 3.05) is 12.0 Å². The van der Waals surface area contributed by atoms with Gasteiger partial charge in [-0.05, 0) is 38.2 Å². The third-order valence-electron chi connectivity index (χ3n) is 3.80. The molecule has 1 saturated carbocycles. The van der Waals surface area contributed by atoms with E-state index in [0.717, 1.165) is 23.8 Å². The summed E-state index contributed by atoms with van der Waals surface area (Å²) in [5.74, 6) is 3.10. The SMILES string of the molecule is CSCCC(N)c1nnc(C)n1C1CCCCC1. The van der Waals surface area contributed by atoms with Gasteiger partial charge >= 0.3 is 0 Å². The Kier molecular flexibility index (Phi) is 5.06. The highest BCUT2D eigenvalue weighted by Crippen LogP contribution is 2.31. The summed E-state index contributed by atoms with van der Waals surface area (Å²) >= 11 is 1.84. The maximum absolute atomic E-state index is 6.27. The minimum absolute atomic E-state index is 0.0283. The van der Waals surface area contributed by atoms with Crippen LogP contribution < -0.4 is 5.73 Å². The first kappa shape index (κ1) is 13.9. The minimum Gasteiger partial charge on any atom is -0.321 e. The first-order valence-electron chi connectivity index (χ1n) is 6.90. The van der Waals surface area contributed by atoms with E-state index in [1.807, 2.05) is 18.7 Å². The van der Waals surface area contributed by atoms with E-state index in [1.54, 1.807) is 0 Å². The summed E-state index contributed by atoms with van der Waals surface area (Å²) in [6.07, 6.45) is 9.60. The number of hydrogen-bond donors (Lipinski definition) is 1. The molecule has 1 heterocycles. The molecule has 0 radical (unpaired) electrons. The normalized spacial score (nSPS) is 19.1. The lowest BCUT2D eigenvalue weighted by molar-refractivity contribution is 0.335. The van der Waals surface area contributed by atoms with Crippen LogP contribution in [0.1, 0.15) is 62.3 Å². The summed E-state index contributed by atoms with van der Waals surface area (Å²) in [4.78, 5) is 0. The van der Waals surface area contributed by atoms with E-state index < -0.39 is 0 Å². The highest BCUT2D eigenvalue weighted by atomic mass is 32.2. The quantitative estimate of drug-likeness (QED) is 0.892. The molecule has 0 bridgehead atoms. The largest absolute Gasteiger partial charge is 0.321 e. The van der Waals surface area contributed by atoms with Gasteiger partial charge in [-0.1, -0.05) is 19.3 Å². The van der Waals surface area contributed by atoms with Gasteiger partial charge in [-0.25, -0.2) is 0 Å². The molecule has 1 aromatic rings. The lowest BCUT2D eigenvalue weighted by Crippen LogP contribution is -2.22. The molecule has 1 aliphatic rings. The fourth-order valence-corrected chi connectivity index (χ4v) is 3.29. The lowest BCUT2D eigenvalue weighted by Gasteiger charge is -2.26. The predicted molar refractivity (Wildman–Crippen MR) is 76.8 cm³/mol. The first-order chi connectivity index (χ1) is 8.74. The van der Waals surface area contributed by atoms with Crippen molar-refractivity contribution in [2.24, 2.45) is 5.73 Å². The van der Waals surface area contributed by atoms with Gasteiger partial charge in [0.15, 0.2) is 0 Å². The van der Waals surface area contributed by atoms with Crippen LogP contribution in [0.25, 0.3) is 0 Å². The number of aromatic nitrogens is 3. The van der Waals surface area contributed by atoms with Gasteiger partial charge in [0.1, 0.15) is 11.6 Å². The van der Waals surface area contributed by atoms with Gasteiger partial charge < -0.3 is 10.3 Å². The summed E-state index contributed by atoms with van der Waals surface area (Å²) in [5.41, 5.74) is 6.27. The third-order valence-corrected chi connectivity index (χ3v) is 4.44. The number of nitrogens with two attached hydrogens (primary N) is 1. The van der Waals surface area contributed by atoms with E-state index in [1.165, 1.54) is 32.1 Å². The Balaban J connectivity index is 2.15. The van der Waals surface area contributed by atoms with Gasteiger partial charge in [-0.15, -0.1) is 10.2 Å². The zero-order chi connectivity index (χ0) is 13.0. The zero-order valence-corrected chi connectivity index (χ0v) is 12.2. The van der Waals surface area contributed by atoms with Gasteiger partial charge in [0, 0.05) is 6.04 Å². The van der Waals surface area contributed by atoms with Crippen LogP contribution in [0.4, 0.5) is 0 Å². The molecule has 0 amide bonds. The van der Waals surface area contributed by atoms with Gasteiger partial charge in [0.2, 0.25) is 0 Å². The van der Waals surface area contributed by atoms with E-state index in [-0.39, 0.29) is 6.04 Å². The van der Waals surface area contributed by atoms with E-state index in [4.69, 9.17) is 5.73 Å². The van der Waals surface area contributed by atoms with Crippen LogP contribution in [0.15, 0.2) is 0 Å². The minimum atomic E-state index is 0.0283. The number of aryl methyl sites for hydroxylation is 1. The Morgan fingerprint density at radius 1 is 1.33 bits per heavy atom. The molecule has 0 aromatic carbocycles. The standard InChI is InChI=1S/C13H24N4S/c1-10-15-16-13(12(14)8-9-18-2)17(10)11-6-4-3-5-7-11/h11-12H,3-9,14H2,1-2H3. The third kappa shape index (κ3) is 3.06. The van der Waals surface area contributed by atoms with Crippen LogP contribution in [0.5, 0.6) is 0 Å². The summed E-state index contributed by atoms with van der Waals surface area (Å²) < 4.78 is 2.31. The molecule has 1 aromatic heterocycles. The van der Waals surface area contributed by atoms with Crippen LogP contribution in [0.3, 0.4) is 0 Å². The zero-order valence-electron chi connectivity index (χ0n) is 11.4. The molecule has 18 heavy (non-hydrogen) atoms. The molecule has 0 aliphatic heterocycles. The molecule has 102 valence electrons. The fraction of sp³-hybridized carbons (Fsp3) is 0.846. The van der Waals surface area contributed by atoms with Crippen LogP contribution in [0, 0.1) is 6.92 Å². The second-order valence-corrected chi connectivity index (χ2v) is 6.14. The van der Waals surface area contributed by atoms with Crippen molar-refractivity contribution >= 4 is 11.8 Å². The Morgan fingerprint density at radius 2 is 2.06 bits per heavy atom. The van der Waals surface area contributed by atoms with Crippen molar-refractivity contribution in [3.63, 3.8) is 0 Å². The number of rotatable bonds is 5. The molecule has 2 N–H and O–H groups in total. The van der Waals surface area contributed by atoms with Gasteiger partial charge in [0.05, 0.1) is 6.04 Å². The van der Waals surface area contributed by atoms with E-state index in [2.05, 4.69) is 21.0 Å². The summed E-state index contributed by atoms with van der Waals surface area (Å²) in [6.45, 7) is 2.05. The smallest absolute Gasteiger partial charge is 0.150 e. The highest BCUT2D eigenvalue weighted by molar-refractivity contribution is 7.98. The molecule has 0 spiro atoms. The van der Waals surface area contributed by atoms with Crippen molar-refractivity contribution in [1.82, 2.24) is 14.8 Å². The summed E-state index contributed by atoms with van der Waals surface area (Å²) in [5, 5.41) is 8.57. The van der Waals surface area contributed by atoms with Gasteiger partial charge in [-0.2, -0.15) is 11.8 Å². The maximum Gasteiger partial charge on any atom is 0.150 e. The molecule has 0 saturated heterocycles. The molecule has 4 nitrogen and oxygen atoms in total. The Hall–Kier alpha value is -0.550. The summed E-state index contributed by atoms with van der Waals surface area (Å²) in [7, 11) is 0. The van der Waals surface area contributed by atoms with Crippen LogP contribution in [0.2, 0.25) is 0 Å². The predicted octanol–water partition coefficient (Wildman–Crippen LogP) is 2.84. The van der Waals surface area contributed by atoms with Gasteiger partial charge in [-0.3, -0.25) is 0 Å². The van der Waals surface area contributed by atoms with Crippen LogP contribution in [-0.4, -0.2) is 26.8 Å². The average molecular weight is 268 g/mol. The monoisotopic (exact) mass is 268 g/mol. The maximum atomic E-state index is 6.27. The topological polar surface area (TPSA) is 56.7 Å². The Bertz CT molecular complexity index is 371. The first-order valence-corrected chi connectivity index (χ1v) is 8.29. The molecular weight excluding hydrogens is 244 g/mol. The lowest BCUT2D eigenvalue weighted by atomic mass is 9.95. The Morgan fingerprint density at radius 3 is 2.72 bits per heavy atom. The average Bonchev–Trinajstić information content (AvgIpc) is 2.79. The second-order valence-electron chi connectivity index (χ2n) is 5.16. The molecule has 2 rings (SSSR count). The number of hydrogen-bond acceptors (Lipinski definition) is 4. The van der Waals surface area contributed by atoms with E-state index >= 15 is 0 Å². The highest BCUT2D eigenvalue weighted by Gasteiger charge is 2.23. The van der Waals surface area contributed by atoms with Gasteiger partial charge in [0.25, 0.3) is 0 Å². The Labute approximate surface area is 114 Å². The molecule has 1 unspecified atom stereocenters. The van der Waals surface area contributed by atoms with Crippen molar-refractivity contribution in [1.29, 1.82) is 0 Å². The fourth-order valence-electron chi connectivity index (χ4n) is 2.80. The second kappa shape index (κ2) is 6.57. The molecular formula is C13H24N4S. The van der Waals surface area contributed by atoms with Crippen LogP contribution >= 0.6 is 11.8 Å². The van der Waals surface area contributed by atoms with Crippen molar-refractivity contribution in [3.8, 4) is 0 Å². The van der Waals surface area contributed by atoms with Crippen molar-refractivity contribution < 1.29 is 0 Å². The van der Waals surface area contributed by atoms with E-state index in [0.29, 0.717) is 6.04 Å². The van der Waals surface area contributed by atoms with Crippen LogP contribution in [-0.2, 0) is 0 Å². The molecule has 5 heteroatoms.